The third-order valence-electron chi connectivity index (χ3n) is 3.91. The van der Waals surface area contributed by atoms with Gasteiger partial charge in [0.1, 0.15) is 5.75 Å². The molecule has 1 amide bonds. The minimum atomic E-state index is -0.0159. The number of rotatable bonds is 9. The fourth-order valence-electron chi connectivity index (χ4n) is 2.46. The average Bonchev–Trinajstić information content (AvgIpc) is 2.62. The molecular weight excluding hydrogens is 300 g/mol. The summed E-state index contributed by atoms with van der Waals surface area (Å²) < 4.78 is 5.87. The highest BCUT2D eigenvalue weighted by Crippen LogP contribution is 2.23. The van der Waals surface area contributed by atoms with Crippen molar-refractivity contribution < 1.29 is 9.53 Å². The molecule has 0 aromatic heterocycles. The van der Waals surface area contributed by atoms with E-state index in [9.17, 15) is 4.79 Å². The van der Waals surface area contributed by atoms with Crippen molar-refractivity contribution in [3.63, 3.8) is 0 Å². The zero-order valence-electron chi connectivity index (χ0n) is 14.5. The number of para-hydroxylation sites is 2. The third kappa shape index (κ3) is 5.70. The topological polar surface area (TPSA) is 41.6 Å². The van der Waals surface area contributed by atoms with Crippen LogP contribution in [0.5, 0.6) is 5.75 Å². The molecule has 0 unspecified atom stereocenters. The lowest BCUT2D eigenvalue weighted by molar-refractivity contribution is -0.117. The Morgan fingerprint density at radius 1 is 1.00 bits per heavy atom. The van der Waals surface area contributed by atoms with Gasteiger partial charge in [0.2, 0.25) is 5.91 Å². The molecule has 0 radical (unpaired) electrons. The number of ether oxygens (including phenoxy) is 1. The lowest BCUT2D eigenvalue weighted by atomic mass is 10.2. The van der Waals surface area contributed by atoms with Gasteiger partial charge in [-0.2, -0.15) is 0 Å². The number of hydrogen-bond donors (Lipinski definition) is 1. The largest absolute Gasteiger partial charge is 0.491 e. The summed E-state index contributed by atoms with van der Waals surface area (Å²) in [4.78, 5) is 14.3. The minimum absolute atomic E-state index is 0.0159. The average molecular weight is 326 g/mol. The van der Waals surface area contributed by atoms with Gasteiger partial charge in [-0.15, -0.1) is 0 Å². The molecule has 2 aromatic carbocycles. The van der Waals surface area contributed by atoms with Crippen LogP contribution in [0.3, 0.4) is 0 Å². The van der Waals surface area contributed by atoms with Crippen LogP contribution >= 0.6 is 0 Å². The maximum absolute atomic E-state index is 12.2. The number of nitrogens with zero attached hydrogens (tertiary/aromatic N) is 1. The van der Waals surface area contributed by atoms with Crippen LogP contribution in [0.15, 0.2) is 54.6 Å². The van der Waals surface area contributed by atoms with Crippen LogP contribution in [0.4, 0.5) is 5.69 Å². The van der Waals surface area contributed by atoms with E-state index in [-0.39, 0.29) is 5.91 Å². The molecule has 0 heterocycles. The third-order valence-corrected chi connectivity index (χ3v) is 3.91. The van der Waals surface area contributed by atoms with Gasteiger partial charge in [-0.25, -0.2) is 0 Å². The fourth-order valence-corrected chi connectivity index (χ4v) is 2.46. The van der Waals surface area contributed by atoms with Gasteiger partial charge in [-0.1, -0.05) is 56.3 Å². The summed E-state index contributed by atoms with van der Waals surface area (Å²) in [6.45, 7) is 6.80. The van der Waals surface area contributed by atoms with E-state index >= 15 is 0 Å². The highest BCUT2D eigenvalue weighted by molar-refractivity contribution is 5.93. The van der Waals surface area contributed by atoms with Gasteiger partial charge in [0.25, 0.3) is 0 Å². The molecule has 0 aliphatic rings. The number of carbonyl (C=O) groups excluding carboxylic acids is 1. The van der Waals surface area contributed by atoms with Gasteiger partial charge in [0.15, 0.2) is 0 Å². The molecule has 128 valence electrons. The number of anilines is 1. The zero-order chi connectivity index (χ0) is 17.2. The number of hydrogen-bond acceptors (Lipinski definition) is 3. The molecule has 4 heteroatoms. The summed E-state index contributed by atoms with van der Waals surface area (Å²) in [6, 6.07) is 17.8. The maximum atomic E-state index is 12.2. The quantitative estimate of drug-likeness (QED) is 0.766. The Morgan fingerprint density at radius 3 is 2.38 bits per heavy atom. The van der Waals surface area contributed by atoms with E-state index in [1.165, 1.54) is 5.56 Å². The van der Waals surface area contributed by atoms with Crippen molar-refractivity contribution in [2.24, 2.45) is 0 Å². The molecule has 1 N–H and O–H groups in total. The second-order valence-corrected chi connectivity index (χ2v) is 5.59. The maximum Gasteiger partial charge on any atom is 0.238 e. The number of benzene rings is 2. The van der Waals surface area contributed by atoms with Crippen molar-refractivity contribution >= 4 is 11.6 Å². The van der Waals surface area contributed by atoms with Crippen LogP contribution in [-0.2, 0) is 11.2 Å². The van der Waals surface area contributed by atoms with Gasteiger partial charge in [-0.05, 0) is 30.8 Å². The molecule has 0 saturated heterocycles. The summed E-state index contributed by atoms with van der Waals surface area (Å²) in [6.07, 6.45) is 0.836. The lowest BCUT2D eigenvalue weighted by Crippen LogP contribution is -2.33. The van der Waals surface area contributed by atoms with Crippen molar-refractivity contribution in [3.05, 3.63) is 60.2 Å². The van der Waals surface area contributed by atoms with Crippen molar-refractivity contribution in [1.82, 2.24) is 4.90 Å². The molecule has 24 heavy (non-hydrogen) atoms. The summed E-state index contributed by atoms with van der Waals surface area (Å²) in [7, 11) is 0. The minimum Gasteiger partial charge on any atom is -0.491 e. The molecule has 0 bridgehead atoms. The first-order chi connectivity index (χ1) is 11.7. The molecule has 0 aliphatic carbocycles. The first-order valence-electron chi connectivity index (χ1n) is 8.50. The highest BCUT2D eigenvalue weighted by atomic mass is 16.5. The van der Waals surface area contributed by atoms with E-state index in [1.807, 2.05) is 42.5 Å². The SMILES string of the molecule is CCN(CC)CC(=O)Nc1ccccc1OCCc1ccccc1. The number of carbonyl (C=O) groups is 1. The van der Waals surface area contributed by atoms with Crippen molar-refractivity contribution in [3.8, 4) is 5.75 Å². The standard InChI is InChI=1S/C20H26N2O2/c1-3-22(4-2)16-20(23)21-18-12-8-9-13-19(18)24-15-14-17-10-6-5-7-11-17/h5-13H,3-4,14-16H2,1-2H3,(H,21,23). The molecule has 0 aliphatic heterocycles. The molecule has 4 nitrogen and oxygen atoms in total. The van der Waals surface area contributed by atoms with E-state index in [2.05, 4.69) is 36.2 Å². The number of nitrogens with one attached hydrogen (secondary N) is 1. The monoisotopic (exact) mass is 326 g/mol. The van der Waals surface area contributed by atoms with Crippen LogP contribution in [0, 0.1) is 0 Å². The van der Waals surface area contributed by atoms with Gasteiger partial charge in [0.05, 0.1) is 18.8 Å². The molecule has 0 fully saturated rings. The fraction of sp³-hybridized carbons (Fsp3) is 0.350. The number of amides is 1. The van der Waals surface area contributed by atoms with E-state index < -0.39 is 0 Å². The van der Waals surface area contributed by atoms with Crippen LogP contribution in [-0.4, -0.2) is 37.0 Å². The first-order valence-corrected chi connectivity index (χ1v) is 8.50. The normalized spacial score (nSPS) is 10.6. The van der Waals surface area contributed by atoms with Crippen LogP contribution in [0.25, 0.3) is 0 Å². The Hall–Kier alpha value is -2.33. The van der Waals surface area contributed by atoms with Crippen molar-refractivity contribution in [2.45, 2.75) is 20.3 Å². The zero-order valence-corrected chi connectivity index (χ0v) is 14.5. The Balaban J connectivity index is 1.91. The second-order valence-electron chi connectivity index (χ2n) is 5.59. The van der Waals surface area contributed by atoms with Gasteiger partial charge in [0, 0.05) is 6.42 Å². The molecule has 0 saturated carbocycles. The van der Waals surface area contributed by atoms with Crippen molar-refractivity contribution in [2.75, 3.05) is 31.6 Å². The smallest absolute Gasteiger partial charge is 0.238 e. The summed E-state index contributed by atoms with van der Waals surface area (Å²) in [5.41, 5.74) is 1.96. The van der Waals surface area contributed by atoms with Gasteiger partial charge >= 0.3 is 0 Å². The van der Waals surface area contributed by atoms with Crippen LogP contribution < -0.4 is 10.1 Å². The van der Waals surface area contributed by atoms with Crippen LogP contribution in [0.1, 0.15) is 19.4 Å². The van der Waals surface area contributed by atoms with Crippen molar-refractivity contribution in [1.29, 1.82) is 0 Å². The first kappa shape index (κ1) is 18.0. The molecule has 0 spiro atoms. The van der Waals surface area contributed by atoms with E-state index in [1.54, 1.807) is 0 Å². The number of likely N-dealkylation sites (N-methyl/N-ethyl adjacent to an activating group) is 1. The predicted molar refractivity (Wildman–Crippen MR) is 98.5 cm³/mol. The van der Waals surface area contributed by atoms with Gasteiger partial charge < -0.3 is 10.1 Å². The molecular formula is C20H26N2O2. The van der Waals surface area contributed by atoms with Gasteiger partial charge in [-0.3, -0.25) is 9.69 Å². The Kier molecular flexibility index (Phi) is 7.30. The summed E-state index contributed by atoms with van der Waals surface area (Å²) in [5.74, 6) is 0.694. The Labute approximate surface area is 144 Å². The molecule has 2 aromatic rings. The van der Waals surface area contributed by atoms with E-state index in [4.69, 9.17) is 4.74 Å². The molecule has 2 rings (SSSR count). The summed E-state index contributed by atoms with van der Waals surface area (Å²) >= 11 is 0. The van der Waals surface area contributed by atoms with Crippen LogP contribution in [0.2, 0.25) is 0 Å². The Morgan fingerprint density at radius 2 is 1.67 bits per heavy atom. The van der Waals surface area contributed by atoms with E-state index in [0.717, 1.165) is 25.2 Å². The summed E-state index contributed by atoms with van der Waals surface area (Å²) in [5, 5.41) is 2.95. The van der Waals surface area contributed by atoms with E-state index in [0.29, 0.717) is 18.9 Å². The predicted octanol–water partition coefficient (Wildman–Crippen LogP) is 3.59. The molecule has 0 atom stereocenters. The lowest BCUT2D eigenvalue weighted by Gasteiger charge is -2.18. The highest BCUT2D eigenvalue weighted by Gasteiger charge is 2.10. The second kappa shape index (κ2) is 9.73. The Bertz CT molecular complexity index is 625.